The van der Waals surface area contributed by atoms with Gasteiger partial charge in [-0.1, -0.05) is 54.8 Å². The number of aromatic nitrogens is 1. The molecule has 2 amide bonds. The summed E-state index contributed by atoms with van der Waals surface area (Å²) in [6, 6.07) is 14.3. The van der Waals surface area contributed by atoms with Crippen LogP contribution in [0.5, 0.6) is 0 Å². The second-order valence-corrected chi connectivity index (χ2v) is 7.97. The molecule has 1 saturated carbocycles. The van der Waals surface area contributed by atoms with E-state index in [2.05, 4.69) is 15.6 Å². The number of H-pyrrole nitrogens is 1. The maximum absolute atomic E-state index is 13.0. The number of aromatic amines is 1. The average molecular weight is 410 g/mol. The third-order valence-electron chi connectivity index (χ3n) is 5.54. The molecule has 5 nitrogen and oxygen atoms in total. The fraction of sp³-hybridized carbons (Fsp3) is 0.304. The summed E-state index contributed by atoms with van der Waals surface area (Å²) in [4.78, 5) is 29.1. The van der Waals surface area contributed by atoms with Gasteiger partial charge < -0.3 is 15.6 Å². The summed E-state index contributed by atoms with van der Waals surface area (Å²) in [5.74, 6) is -0.496. The van der Waals surface area contributed by atoms with Crippen molar-refractivity contribution in [2.24, 2.45) is 0 Å². The molecule has 4 rings (SSSR count). The van der Waals surface area contributed by atoms with E-state index in [1.807, 2.05) is 30.5 Å². The topological polar surface area (TPSA) is 74.0 Å². The van der Waals surface area contributed by atoms with Crippen LogP contribution in [0.2, 0.25) is 5.02 Å². The number of carbonyl (C=O) groups excluding carboxylic acids is 2. The number of para-hydroxylation sites is 1. The van der Waals surface area contributed by atoms with Crippen LogP contribution in [-0.2, 0) is 11.2 Å². The maximum atomic E-state index is 13.0. The Bertz CT molecular complexity index is 1020. The number of hydrogen-bond donors (Lipinski definition) is 3. The first-order chi connectivity index (χ1) is 14.1. The molecule has 1 aliphatic rings. The van der Waals surface area contributed by atoms with Gasteiger partial charge in [-0.3, -0.25) is 9.59 Å². The van der Waals surface area contributed by atoms with E-state index in [0.717, 1.165) is 42.1 Å². The molecule has 1 unspecified atom stereocenters. The number of nitrogens with one attached hydrogen (secondary N) is 3. The molecule has 0 saturated heterocycles. The van der Waals surface area contributed by atoms with Gasteiger partial charge in [-0.2, -0.15) is 0 Å². The summed E-state index contributed by atoms with van der Waals surface area (Å²) in [6.07, 6.45) is 6.54. The minimum atomic E-state index is -0.682. The van der Waals surface area contributed by atoms with Gasteiger partial charge in [-0.25, -0.2) is 0 Å². The monoisotopic (exact) mass is 409 g/mol. The minimum Gasteiger partial charge on any atom is -0.361 e. The number of halogens is 1. The lowest BCUT2D eigenvalue weighted by Crippen LogP contribution is -2.50. The van der Waals surface area contributed by atoms with Crippen molar-refractivity contribution in [2.45, 2.75) is 44.2 Å². The van der Waals surface area contributed by atoms with Crippen LogP contribution in [0.15, 0.2) is 54.7 Å². The van der Waals surface area contributed by atoms with Gasteiger partial charge in [-0.05, 0) is 36.6 Å². The highest BCUT2D eigenvalue weighted by Crippen LogP contribution is 2.21. The Morgan fingerprint density at radius 3 is 2.59 bits per heavy atom. The Hall–Kier alpha value is -2.79. The third-order valence-corrected chi connectivity index (χ3v) is 5.87. The predicted octanol–water partition coefficient (Wildman–Crippen LogP) is 4.22. The summed E-state index contributed by atoms with van der Waals surface area (Å²) >= 11 is 6.17. The van der Waals surface area contributed by atoms with Crippen molar-refractivity contribution < 1.29 is 9.59 Å². The van der Waals surface area contributed by atoms with E-state index < -0.39 is 6.04 Å². The van der Waals surface area contributed by atoms with Crippen LogP contribution in [-0.4, -0.2) is 28.9 Å². The fourth-order valence-electron chi connectivity index (χ4n) is 3.98. The van der Waals surface area contributed by atoms with Crippen molar-refractivity contribution in [3.05, 3.63) is 70.9 Å². The fourth-order valence-corrected chi connectivity index (χ4v) is 4.20. The number of carbonyl (C=O) groups is 2. The minimum absolute atomic E-state index is 0.150. The van der Waals surface area contributed by atoms with E-state index in [-0.39, 0.29) is 17.9 Å². The van der Waals surface area contributed by atoms with Crippen LogP contribution in [0.3, 0.4) is 0 Å². The summed E-state index contributed by atoms with van der Waals surface area (Å²) in [5.41, 5.74) is 2.37. The molecule has 0 bridgehead atoms. The molecule has 2 aromatic carbocycles. The van der Waals surface area contributed by atoms with Crippen LogP contribution in [0.4, 0.5) is 0 Å². The van der Waals surface area contributed by atoms with Crippen molar-refractivity contribution in [2.75, 3.05) is 0 Å². The molecule has 150 valence electrons. The molecule has 3 N–H and O–H groups in total. The number of benzene rings is 2. The third kappa shape index (κ3) is 4.46. The Labute approximate surface area is 174 Å². The zero-order valence-electron chi connectivity index (χ0n) is 16.1. The molecule has 1 atom stereocenters. The summed E-state index contributed by atoms with van der Waals surface area (Å²) in [6.45, 7) is 0. The largest absolute Gasteiger partial charge is 0.361 e. The van der Waals surface area contributed by atoms with Crippen LogP contribution in [0, 0.1) is 0 Å². The number of amides is 2. The number of rotatable bonds is 6. The summed E-state index contributed by atoms with van der Waals surface area (Å²) in [7, 11) is 0. The lowest BCUT2D eigenvalue weighted by molar-refractivity contribution is -0.123. The van der Waals surface area contributed by atoms with E-state index in [1.165, 1.54) is 0 Å². The van der Waals surface area contributed by atoms with E-state index in [4.69, 9.17) is 11.6 Å². The lowest BCUT2D eigenvalue weighted by atomic mass is 10.0. The zero-order valence-corrected chi connectivity index (χ0v) is 16.8. The van der Waals surface area contributed by atoms with Crippen molar-refractivity contribution in [1.82, 2.24) is 15.6 Å². The summed E-state index contributed by atoms with van der Waals surface area (Å²) in [5, 5.41) is 7.44. The van der Waals surface area contributed by atoms with Gasteiger partial charge in [0.25, 0.3) is 5.91 Å². The van der Waals surface area contributed by atoms with Gasteiger partial charge in [0.1, 0.15) is 6.04 Å². The first-order valence-electron chi connectivity index (χ1n) is 10.0. The molecule has 1 fully saturated rings. The Balaban J connectivity index is 1.57. The van der Waals surface area contributed by atoms with Gasteiger partial charge in [0.05, 0.1) is 10.6 Å². The van der Waals surface area contributed by atoms with Crippen molar-refractivity contribution >= 4 is 34.3 Å². The van der Waals surface area contributed by atoms with Crippen LogP contribution < -0.4 is 10.6 Å². The number of hydrogen-bond acceptors (Lipinski definition) is 2. The normalized spacial score (nSPS) is 15.3. The Kier molecular flexibility index (Phi) is 5.86. The molecular formula is C23H24ClN3O2. The molecule has 6 heteroatoms. The molecular weight excluding hydrogens is 386 g/mol. The average Bonchev–Trinajstić information content (AvgIpc) is 3.38. The summed E-state index contributed by atoms with van der Waals surface area (Å²) < 4.78 is 0. The molecule has 3 aromatic rings. The van der Waals surface area contributed by atoms with Gasteiger partial charge >= 0.3 is 0 Å². The van der Waals surface area contributed by atoms with E-state index >= 15 is 0 Å². The van der Waals surface area contributed by atoms with Crippen LogP contribution in [0.1, 0.15) is 41.6 Å². The van der Waals surface area contributed by atoms with E-state index in [9.17, 15) is 9.59 Å². The highest BCUT2D eigenvalue weighted by Gasteiger charge is 2.27. The first-order valence-corrected chi connectivity index (χ1v) is 10.4. The van der Waals surface area contributed by atoms with Crippen LogP contribution >= 0.6 is 11.6 Å². The van der Waals surface area contributed by atoms with Crippen molar-refractivity contribution in [3.63, 3.8) is 0 Å². The molecule has 1 heterocycles. The van der Waals surface area contributed by atoms with Gasteiger partial charge in [0, 0.05) is 29.6 Å². The predicted molar refractivity (Wildman–Crippen MR) is 115 cm³/mol. The van der Waals surface area contributed by atoms with Gasteiger partial charge in [-0.15, -0.1) is 0 Å². The molecule has 1 aromatic heterocycles. The second kappa shape index (κ2) is 8.70. The van der Waals surface area contributed by atoms with Gasteiger partial charge in [0.15, 0.2) is 0 Å². The zero-order chi connectivity index (χ0) is 20.2. The highest BCUT2D eigenvalue weighted by atomic mass is 35.5. The van der Waals surface area contributed by atoms with E-state index in [1.54, 1.807) is 24.3 Å². The van der Waals surface area contributed by atoms with Crippen molar-refractivity contribution in [3.8, 4) is 0 Å². The molecule has 29 heavy (non-hydrogen) atoms. The Morgan fingerprint density at radius 1 is 1.07 bits per heavy atom. The highest BCUT2D eigenvalue weighted by molar-refractivity contribution is 6.33. The number of fused-ring (bicyclic) bond motifs is 1. The second-order valence-electron chi connectivity index (χ2n) is 7.56. The van der Waals surface area contributed by atoms with Crippen molar-refractivity contribution in [1.29, 1.82) is 0 Å². The van der Waals surface area contributed by atoms with E-state index in [0.29, 0.717) is 17.0 Å². The molecule has 0 radical (unpaired) electrons. The van der Waals surface area contributed by atoms with Gasteiger partial charge in [0.2, 0.25) is 5.91 Å². The SMILES string of the molecule is O=C(NC(Cc1c[nH]c2ccccc12)C(=O)NC1CCCC1)c1ccccc1Cl. The standard InChI is InChI=1S/C23H24ClN3O2/c24-19-11-5-3-10-18(19)22(28)27-21(23(29)26-16-7-1-2-8-16)13-15-14-25-20-12-6-4-9-17(15)20/h3-6,9-12,14,16,21,25H,1-2,7-8,13H2,(H,26,29)(H,27,28). The first kappa shape index (κ1) is 19.5. The smallest absolute Gasteiger partial charge is 0.253 e. The quantitative estimate of drug-likeness (QED) is 0.570. The Morgan fingerprint density at radius 2 is 1.79 bits per heavy atom. The lowest BCUT2D eigenvalue weighted by Gasteiger charge is -2.21. The van der Waals surface area contributed by atoms with Crippen LogP contribution in [0.25, 0.3) is 10.9 Å². The molecule has 0 spiro atoms. The molecule has 1 aliphatic carbocycles. The molecule has 0 aliphatic heterocycles. The maximum Gasteiger partial charge on any atom is 0.253 e.